The molecule has 4 heteroatoms. The summed E-state index contributed by atoms with van der Waals surface area (Å²) in [4.78, 5) is 14.4. The zero-order valence-electron chi connectivity index (χ0n) is 16.8. The average molecular weight is 377 g/mol. The molecular weight excluding hydrogens is 350 g/mol. The minimum absolute atomic E-state index is 0.126. The number of ether oxygens (including phenoxy) is 2. The fourth-order valence-corrected chi connectivity index (χ4v) is 3.30. The maximum absolute atomic E-state index is 12.6. The molecule has 0 bridgehead atoms. The van der Waals surface area contributed by atoms with E-state index in [1.807, 2.05) is 56.4 Å². The number of carbonyl (C=O) groups is 1. The highest BCUT2D eigenvalue weighted by atomic mass is 16.5. The number of hydrogen-bond acceptors (Lipinski definition) is 3. The van der Waals surface area contributed by atoms with Crippen LogP contribution < -0.4 is 9.47 Å². The second-order valence-corrected chi connectivity index (χ2v) is 6.84. The highest BCUT2D eigenvalue weighted by Crippen LogP contribution is 2.23. The van der Waals surface area contributed by atoms with E-state index in [-0.39, 0.29) is 5.91 Å². The van der Waals surface area contributed by atoms with Gasteiger partial charge in [0.15, 0.2) is 0 Å². The van der Waals surface area contributed by atoms with Gasteiger partial charge in [0.25, 0.3) is 0 Å². The molecule has 0 radical (unpaired) electrons. The molecule has 0 heterocycles. The van der Waals surface area contributed by atoms with Gasteiger partial charge in [-0.1, -0.05) is 36.4 Å². The molecule has 0 atom stereocenters. The van der Waals surface area contributed by atoms with E-state index in [1.54, 1.807) is 12.0 Å². The number of carbonyl (C=O) groups excluding carboxylic acids is 1. The minimum atomic E-state index is 0.126. The Morgan fingerprint density at radius 1 is 1.00 bits per heavy atom. The second kappa shape index (κ2) is 9.27. The first-order chi connectivity index (χ1) is 13.6. The molecule has 146 valence electrons. The van der Waals surface area contributed by atoms with Crippen LogP contribution in [0.3, 0.4) is 0 Å². The molecule has 0 aromatic heterocycles. The van der Waals surface area contributed by atoms with Gasteiger partial charge in [-0.2, -0.15) is 0 Å². The molecule has 0 unspecified atom stereocenters. The SMILES string of the molecule is CCOc1ccccc1CCC(=O)N(C)Cc1ccc2cc(OC)ccc2c1. The smallest absolute Gasteiger partial charge is 0.222 e. The van der Waals surface area contributed by atoms with Crippen LogP contribution in [0, 0.1) is 0 Å². The number of amides is 1. The summed E-state index contributed by atoms with van der Waals surface area (Å²) in [7, 11) is 3.53. The Kier molecular flexibility index (Phi) is 6.53. The van der Waals surface area contributed by atoms with Gasteiger partial charge in [0.2, 0.25) is 5.91 Å². The largest absolute Gasteiger partial charge is 0.497 e. The van der Waals surface area contributed by atoms with Crippen molar-refractivity contribution < 1.29 is 14.3 Å². The van der Waals surface area contributed by atoms with Crippen molar-refractivity contribution in [2.45, 2.75) is 26.3 Å². The average Bonchev–Trinajstić information content (AvgIpc) is 2.72. The van der Waals surface area contributed by atoms with E-state index >= 15 is 0 Å². The Bertz CT molecular complexity index is 951. The van der Waals surface area contributed by atoms with Gasteiger partial charge in [-0.15, -0.1) is 0 Å². The van der Waals surface area contributed by atoms with E-state index in [1.165, 1.54) is 0 Å². The summed E-state index contributed by atoms with van der Waals surface area (Å²) < 4.78 is 10.9. The number of rotatable bonds is 8. The number of fused-ring (bicyclic) bond motifs is 1. The predicted octanol–water partition coefficient (Wildman–Crippen LogP) is 4.84. The molecule has 0 aliphatic carbocycles. The van der Waals surface area contributed by atoms with Gasteiger partial charge in [-0.25, -0.2) is 0 Å². The lowest BCUT2D eigenvalue weighted by molar-refractivity contribution is -0.130. The highest BCUT2D eigenvalue weighted by Gasteiger charge is 2.12. The van der Waals surface area contributed by atoms with E-state index in [0.29, 0.717) is 26.0 Å². The number of aryl methyl sites for hydroxylation is 1. The van der Waals surface area contributed by atoms with Gasteiger partial charge in [0.05, 0.1) is 13.7 Å². The second-order valence-electron chi connectivity index (χ2n) is 6.84. The van der Waals surface area contributed by atoms with Gasteiger partial charge in [-0.05, 0) is 59.5 Å². The molecule has 1 amide bonds. The Morgan fingerprint density at radius 3 is 2.54 bits per heavy atom. The van der Waals surface area contributed by atoms with Crippen molar-refractivity contribution >= 4 is 16.7 Å². The van der Waals surface area contributed by atoms with Crippen molar-refractivity contribution in [2.75, 3.05) is 20.8 Å². The molecule has 4 nitrogen and oxygen atoms in total. The first kappa shape index (κ1) is 19.7. The lowest BCUT2D eigenvalue weighted by atomic mass is 10.1. The third-order valence-corrected chi connectivity index (χ3v) is 4.84. The number of benzene rings is 3. The monoisotopic (exact) mass is 377 g/mol. The molecule has 0 aliphatic rings. The number of methoxy groups -OCH3 is 1. The van der Waals surface area contributed by atoms with E-state index in [4.69, 9.17) is 9.47 Å². The van der Waals surface area contributed by atoms with Gasteiger partial charge in [-0.3, -0.25) is 4.79 Å². The van der Waals surface area contributed by atoms with Gasteiger partial charge >= 0.3 is 0 Å². The van der Waals surface area contributed by atoms with Crippen LogP contribution in [0.1, 0.15) is 24.5 Å². The summed E-state index contributed by atoms with van der Waals surface area (Å²) in [5, 5.41) is 2.27. The predicted molar refractivity (Wildman–Crippen MR) is 113 cm³/mol. The topological polar surface area (TPSA) is 38.8 Å². The van der Waals surface area contributed by atoms with Crippen LogP contribution in [-0.4, -0.2) is 31.6 Å². The molecule has 0 saturated heterocycles. The Morgan fingerprint density at radius 2 is 1.75 bits per heavy atom. The van der Waals surface area contributed by atoms with Crippen LogP contribution >= 0.6 is 0 Å². The maximum Gasteiger partial charge on any atom is 0.222 e. The quantitative estimate of drug-likeness (QED) is 0.564. The molecule has 3 aromatic carbocycles. The zero-order valence-corrected chi connectivity index (χ0v) is 16.8. The van der Waals surface area contributed by atoms with Gasteiger partial charge < -0.3 is 14.4 Å². The Balaban J connectivity index is 1.62. The number of nitrogens with zero attached hydrogens (tertiary/aromatic N) is 1. The normalized spacial score (nSPS) is 10.7. The molecule has 0 aliphatic heterocycles. The summed E-state index contributed by atoms with van der Waals surface area (Å²) in [5.41, 5.74) is 2.19. The van der Waals surface area contributed by atoms with Crippen LogP contribution in [0.2, 0.25) is 0 Å². The van der Waals surface area contributed by atoms with Gasteiger partial charge in [0, 0.05) is 20.0 Å². The van der Waals surface area contributed by atoms with Crippen molar-refractivity contribution in [2.24, 2.45) is 0 Å². The van der Waals surface area contributed by atoms with E-state index in [0.717, 1.165) is 33.4 Å². The van der Waals surface area contributed by atoms with Crippen LogP contribution in [0.15, 0.2) is 60.7 Å². The molecule has 0 saturated carbocycles. The van der Waals surface area contributed by atoms with Crippen molar-refractivity contribution in [3.8, 4) is 11.5 Å². The fraction of sp³-hybridized carbons (Fsp3) is 0.292. The summed E-state index contributed by atoms with van der Waals surface area (Å²) >= 11 is 0. The number of para-hydroxylation sites is 1. The summed E-state index contributed by atoms with van der Waals surface area (Å²) in [5.74, 6) is 1.84. The first-order valence-corrected chi connectivity index (χ1v) is 9.62. The number of hydrogen-bond donors (Lipinski definition) is 0. The molecule has 0 fully saturated rings. The molecule has 3 rings (SSSR count). The van der Waals surface area contributed by atoms with Gasteiger partial charge in [0.1, 0.15) is 11.5 Å². The van der Waals surface area contributed by atoms with Crippen LogP contribution in [0.4, 0.5) is 0 Å². The highest BCUT2D eigenvalue weighted by molar-refractivity contribution is 5.84. The molecule has 3 aromatic rings. The maximum atomic E-state index is 12.6. The van der Waals surface area contributed by atoms with Crippen molar-refractivity contribution in [1.82, 2.24) is 4.90 Å². The third-order valence-electron chi connectivity index (χ3n) is 4.84. The van der Waals surface area contributed by atoms with Crippen molar-refractivity contribution in [1.29, 1.82) is 0 Å². The van der Waals surface area contributed by atoms with Crippen LogP contribution in [-0.2, 0) is 17.8 Å². The minimum Gasteiger partial charge on any atom is -0.497 e. The van der Waals surface area contributed by atoms with E-state index < -0.39 is 0 Å². The molecule has 0 N–H and O–H groups in total. The van der Waals surface area contributed by atoms with E-state index in [2.05, 4.69) is 18.2 Å². The summed E-state index contributed by atoms with van der Waals surface area (Å²) in [6.07, 6.45) is 1.14. The third kappa shape index (κ3) is 4.83. The van der Waals surface area contributed by atoms with Crippen molar-refractivity contribution in [3.05, 3.63) is 71.8 Å². The lowest BCUT2D eigenvalue weighted by Crippen LogP contribution is -2.26. The fourth-order valence-electron chi connectivity index (χ4n) is 3.30. The lowest BCUT2D eigenvalue weighted by Gasteiger charge is -2.18. The van der Waals surface area contributed by atoms with Crippen molar-refractivity contribution in [3.63, 3.8) is 0 Å². The summed E-state index contributed by atoms with van der Waals surface area (Å²) in [6.45, 7) is 3.18. The van der Waals surface area contributed by atoms with Crippen LogP contribution in [0.25, 0.3) is 10.8 Å². The standard InChI is InChI=1S/C24H27NO3/c1-4-28-23-8-6-5-7-19(23)12-14-24(26)25(2)17-18-9-10-21-16-22(27-3)13-11-20(21)15-18/h5-11,13,15-16H,4,12,14,17H2,1-3H3. The Labute approximate surface area is 166 Å². The van der Waals surface area contributed by atoms with E-state index in [9.17, 15) is 4.79 Å². The Hall–Kier alpha value is -3.01. The molecular formula is C24H27NO3. The zero-order chi connectivity index (χ0) is 19.9. The summed E-state index contributed by atoms with van der Waals surface area (Å²) in [6, 6.07) is 20.2. The molecule has 0 spiro atoms. The van der Waals surface area contributed by atoms with Crippen LogP contribution in [0.5, 0.6) is 11.5 Å². The molecule has 28 heavy (non-hydrogen) atoms. The first-order valence-electron chi connectivity index (χ1n) is 9.62.